The molecule has 0 spiro atoms. The van der Waals surface area contributed by atoms with Crippen LogP contribution in [-0.2, 0) is 11.3 Å². The molecule has 1 unspecified atom stereocenters. The van der Waals surface area contributed by atoms with Crippen molar-refractivity contribution in [3.63, 3.8) is 0 Å². The lowest BCUT2D eigenvalue weighted by molar-refractivity contribution is -0.130. The smallest absolute Gasteiger partial charge is 0.265 e. The second kappa shape index (κ2) is 7.09. The number of nitrogens with zero attached hydrogens (tertiary/aromatic N) is 1. The summed E-state index contributed by atoms with van der Waals surface area (Å²) in [7, 11) is 0. The van der Waals surface area contributed by atoms with Crippen LogP contribution in [0.15, 0.2) is 59.1 Å². The number of fused-ring (bicyclic) bond motifs is 1. The fourth-order valence-corrected chi connectivity index (χ4v) is 2.71. The van der Waals surface area contributed by atoms with E-state index in [4.69, 9.17) is 25.6 Å². The molecule has 0 bridgehead atoms. The number of hydrogen-bond donors (Lipinski definition) is 1. The molecule has 1 aliphatic rings. The standard InChI is InChI=1S/C19H15ClN2O4/c20-13-7-5-12(6-8-13)17-9-14(22-26-17)10-21-19(23)18-11-24-15-3-1-2-4-16(15)25-18/h1-9,18H,10-11H2,(H,21,23). The number of carbonyl (C=O) groups excluding carboxylic acids is 1. The molecule has 3 aromatic rings. The zero-order chi connectivity index (χ0) is 17.9. The summed E-state index contributed by atoms with van der Waals surface area (Å²) in [5.41, 5.74) is 1.47. The van der Waals surface area contributed by atoms with Crippen LogP contribution >= 0.6 is 11.6 Å². The first-order valence-electron chi connectivity index (χ1n) is 8.07. The molecule has 2 heterocycles. The maximum absolute atomic E-state index is 12.3. The Morgan fingerprint density at radius 1 is 1.15 bits per heavy atom. The second-order valence-electron chi connectivity index (χ2n) is 5.77. The lowest BCUT2D eigenvalue weighted by Gasteiger charge is -2.25. The van der Waals surface area contributed by atoms with E-state index in [0.717, 1.165) is 5.56 Å². The second-order valence-corrected chi connectivity index (χ2v) is 6.21. The minimum atomic E-state index is -0.701. The zero-order valence-corrected chi connectivity index (χ0v) is 14.4. The molecule has 4 rings (SSSR count). The van der Waals surface area contributed by atoms with E-state index >= 15 is 0 Å². The molecule has 0 fully saturated rings. The Morgan fingerprint density at radius 3 is 2.73 bits per heavy atom. The van der Waals surface area contributed by atoms with E-state index in [2.05, 4.69) is 10.5 Å². The molecule has 6 nitrogen and oxygen atoms in total. The highest BCUT2D eigenvalue weighted by molar-refractivity contribution is 6.30. The van der Waals surface area contributed by atoms with Gasteiger partial charge in [-0.15, -0.1) is 0 Å². The summed E-state index contributed by atoms with van der Waals surface area (Å²) in [4.78, 5) is 12.3. The SMILES string of the molecule is O=C(NCc1cc(-c2ccc(Cl)cc2)on1)C1COc2ccccc2O1. The molecule has 132 valence electrons. The molecule has 0 aliphatic carbocycles. The minimum Gasteiger partial charge on any atom is -0.485 e. The van der Waals surface area contributed by atoms with Gasteiger partial charge in [-0.2, -0.15) is 0 Å². The van der Waals surface area contributed by atoms with Crippen molar-refractivity contribution >= 4 is 17.5 Å². The van der Waals surface area contributed by atoms with E-state index in [0.29, 0.717) is 28.0 Å². The van der Waals surface area contributed by atoms with Crippen LogP contribution in [0, 0.1) is 0 Å². The molecule has 0 saturated carbocycles. The number of hydrogen-bond acceptors (Lipinski definition) is 5. The van der Waals surface area contributed by atoms with Gasteiger partial charge in [-0.25, -0.2) is 0 Å². The molecule has 2 aromatic carbocycles. The van der Waals surface area contributed by atoms with Crippen LogP contribution in [-0.4, -0.2) is 23.8 Å². The number of carbonyl (C=O) groups is 1. The van der Waals surface area contributed by atoms with Gasteiger partial charge in [0.05, 0.1) is 6.54 Å². The van der Waals surface area contributed by atoms with Gasteiger partial charge in [-0.1, -0.05) is 28.9 Å². The highest BCUT2D eigenvalue weighted by Crippen LogP contribution is 2.30. The van der Waals surface area contributed by atoms with Gasteiger partial charge in [0.15, 0.2) is 17.3 Å². The Balaban J connectivity index is 1.36. The summed E-state index contributed by atoms with van der Waals surface area (Å²) in [5, 5.41) is 7.41. The van der Waals surface area contributed by atoms with E-state index in [1.165, 1.54) is 0 Å². The molecule has 0 saturated heterocycles. The van der Waals surface area contributed by atoms with Crippen LogP contribution in [0.5, 0.6) is 11.5 Å². The fourth-order valence-electron chi connectivity index (χ4n) is 2.59. The summed E-state index contributed by atoms with van der Waals surface area (Å²) >= 11 is 5.88. The van der Waals surface area contributed by atoms with Gasteiger partial charge in [0.1, 0.15) is 12.3 Å². The Labute approximate surface area is 154 Å². The first-order chi connectivity index (χ1) is 12.7. The van der Waals surface area contributed by atoms with Crippen LogP contribution in [0.25, 0.3) is 11.3 Å². The minimum absolute atomic E-state index is 0.164. The number of ether oxygens (including phenoxy) is 2. The number of para-hydroxylation sites is 2. The van der Waals surface area contributed by atoms with Crippen LogP contribution in [0.1, 0.15) is 5.69 Å². The predicted molar refractivity (Wildman–Crippen MR) is 95.1 cm³/mol. The third-order valence-electron chi connectivity index (χ3n) is 3.93. The van der Waals surface area contributed by atoms with Crippen LogP contribution < -0.4 is 14.8 Å². The van der Waals surface area contributed by atoms with Gasteiger partial charge in [-0.05, 0) is 36.4 Å². The molecule has 1 N–H and O–H groups in total. The Morgan fingerprint density at radius 2 is 1.92 bits per heavy atom. The Hall–Kier alpha value is -2.99. The number of rotatable bonds is 4. The van der Waals surface area contributed by atoms with Gasteiger partial charge in [0.2, 0.25) is 6.10 Å². The molecule has 0 radical (unpaired) electrons. The van der Waals surface area contributed by atoms with Gasteiger partial charge >= 0.3 is 0 Å². The number of benzene rings is 2. The number of aromatic nitrogens is 1. The van der Waals surface area contributed by atoms with Crippen LogP contribution in [0.3, 0.4) is 0 Å². The quantitative estimate of drug-likeness (QED) is 0.761. The van der Waals surface area contributed by atoms with E-state index in [1.54, 1.807) is 30.3 Å². The van der Waals surface area contributed by atoms with E-state index in [-0.39, 0.29) is 19.1 Å². The molecule has 7 heteroatoms. The molecule has 26 heavy (non-hydrogen) atoms. The van der Waals surface area contributed by atoms with Gasteiger partial charge in [0, 0.05) is 16.7 Å². The fraction of sp³-hybridized carbons (Fsp3) is 0.158. The monoisotopic (exact) mass is 370 g/mol. The molecule has 1 amide bonds. The summed E-state index contributed by atoms with van der Waals surface area (Å²) < 4.78 is 16.5. The first-order valence-corrected chi connectivity index (χ1v) is 8.44. The number of amides is 1. The van der Waals surface area contributed by atoms with E-state index in [9.17, 15) is 4.79 Å². The largest absolute Gasteiger partial charge is 0.485 e. The van der Waals surface area contributed by atoms with Gasteiger partial charge in [0.25, 0.3) is 5.91 Å². The van der Waals surface area contributed by atoms with Crippen molar-refractivity contribution in [2.24, 2.45) is 0 Å². The summed E-state index contributed by atoms with van der Waals surface area (Å²) in [5.74, 6) is 1.54. The third kappa shape index (κ3) is 3.50. The average Bonchev–Trinajstić information content (AvgIpc) is 3.15. The number of nitrogens with one attached hydrogen (secondary N) is 1. The van der Waals surface area contributed by atoms with Crippen LogP contribution in [0.2, 0.25) is 5.02 Å². The summed E-state index contributed by atoms with van der Waals surface area (Å²) in [6, 6.07) is 16.3. The van der Waals surface area contributed by atoms with E-state index < -0.39 is 6.10 Å². The normalized spacial score (nSPS) is 15.5. The van der Waals surface area contributed by atoms with Crippen molar-refractivity contribution in [1.82, 2.24) is 10.5 Å². The summed E-state index contributed by atoms with van der Waals surface area (Å²) in [6.45, 7) is 0.398. The first kappa shape index (κ1) is 16.5. The average molecular weight is 371 g/mol. The lowest BCUT2D eigenvalue weighted by atomic mass is 10.1. The molecule has 1 atom stereocenters. The van der Waals surface area contributed by atoms with E-state index in [1.807, 2.05) is 24.3 Å². The molecular formula is C19H15ClN2O4. The van der Waals surface area contributed by atoms with Crippen molar-refractivity contribution < 1.29 is 18.8 Å². The van der Waals surface area contributed by atoms with Crippen molar-refractivity contribution in [3.05, 3.63) is 65.3 Å². The van der Waals surface area contributed by atoms with Crippen LogP contribution in [0.4, 0.5) is 0 Å². The molecule has 1 aromatic heterocycles. The molecule has 1 aliphatic heterocycles. The molecular weight excluding hydrogens is 356 g/mol. The maximum atomic E-state index is 12.3. The Bertz CT molecular complexity index is 923. The zero-order valence-electron chi connectivity index (χ0n) is 13.6. The highest BCUT2D eigenvalue weighted by atomic mass is 35.5. The van der Waals surface area contributed by atoms with Gasteiger partial charge in [-0.3, -0.25) is 4.79 Å². The van der Waals surface area contributed by atoms with Crippen molar-refractivity contribution in [2.45, 2.75) is 12.6 Å². The maximum Gasteiger partial charge on any atom is 0.265 e. The summed E-state index contributed by atoms with van der Waals surface area (Å²) in [6.07, 6.45) is -0.701. The third-order valence-corrected chi connectivity index (χ3v) is 4.18. The van der Waals surface area contributed by atoms with Crippen molar-refractivity contribution in [1.29, 1.82) is 0 Å². The van der Waals surface area contributed by atoms with Gasteiger partial charge < -0.3 is 19.3 Å². The van der Waals surface area contributed by atoms with Crippen molar-refractivity contribution in [2.75, 3.05) is 6.61 Å². The topological polar surface area (TPSA) is 73.6 Å². The number of halogens is 1. The lowest BCUT2D eigenvalue weighted by Crippen LogP contribution is -2.43. The predicted octanol–water partition coefficient (Wildman–Crippen LogP) is 3.45. The Kier molecular flexibility index (Phi) is 4.50. The van der Waals surface area contributed by atoms with Crippen molar-refractivity contribution in [3.8, 4) is 22.8 Å². The highest BCUT2D eigenvalue weighted by Gasteiger charge is 2.27.